The van der Waals surface area contributed by atoms with Crippen molar-refractivity contribution < 1.29 is 4.42 Å². The lowest BCUT2D eigenvalue weighted by molar-refractivity contribution is 0.669. The zero-order valence-electron chi connectivity index (χ0n) is 30.7. The highest BCUT2D eigenvalue weighted by atomic mass is 16.3. The summed E-state index contributed by atoms with van der Waals surface area (Å²) in [5.74, 6) is 0. The van der Waals surface area contributed by atoms with Crippen molar-refractivity contribution in [3.63, 3.8) is 0 Å². The molecule has 10 aromatic rings. The summed E-state index contributed by atoms with van der Waals surface area (Å²) < 4.78 is 6.52. The maximum atomic E-state index is 6.52. The third-order valence-corrected chi connectivity index (χ3v) is 10.7. The van der Waals surface area contributed by atoms with Crippen LogP contribution in [0, 0.1) is 0 Å². The molecule has 0 saturated heterocycles. The largest absolute Gasteiger partial charge is 0.456 e. The first-order valence-corrected chi connectivity index (χ1v) is 19.1. The van der Waals surface area contributed by atoms with Crippen molar-refractivity contribution in [2.75, 3.05) is 4.90 Å². The van der Waals surface area contributed by atoms with Crippen molar-refractivity contribution >= 4 is 39.0 Å². The number of rotatable bonds is 8. The number of hydrogen-bond donors (Lipinski definition) is 0. The number of benzene rings is 9. The van der Waals surface area contributed by atoms with Gasteiger partial charge >= 0.3 is 0 Å². The molecule has 1 aromatic heterocycles. The summed E-state index contributed by atoms with van der Waals surface area (Å²) in [7, 11) is 0. The average molecular weight is 716 g/mol. The van der Waals surface area contributed by atoms with Crippen LogP contribution in [0.25, 0.3) is 77.6 Å². The predicted octanol–water partition coefficient (Wildman–Crippen LogP) is 15.4. The van der Waals surface area contributed by atoms with Crippen LogP contribution in [-0.4, -0.2) is 0 Å². The fraction of sp³-hybridized carbons (Fsp3) is 0. The quantitative estimate of drug-likeness (QED) is 0.156. The van der Waals surface area contributed by atoms with Gasteiger partial charge in [0.05, 0.1) is 5.69 Å². The zero-order valence-corrected chi connectivity index (χ0v) is 30.7. The maximum absolute atomic E-state index is 6.52. The molecule has 0 amide bonds. The van der Waals surface area contributed by atoms with E-state index in [0.717, 1.165) is 72.4 Å². The Balaban J connectivity index is 1.23. The first-order valence-electron chi connectivity index (χ1n) is 19.1. The molecule has 0 aliphatic heterocycles. The van der Waals surface area contributed by atoms with Crippen LogP contribution in [0.15, 0.2) is 229 Å². The molecule has 0 aliphatic carbocycles. The van der Waals surface area contributed by atoms with Crippen LogP contribution >= 0.6 is 0 Å². The highest BCUT2D eigenvalue weighted by Gasteiger charge is 2.22. The molecule has 0 unspecified atom stereocenters. The molecule has 0 bridgehead atoms. The summed E-state index contributed by atoms with van der Waals surface area (Å²) in [6, 6.07) is 80.2. The van der Waals surface area contributed by atoms with Crippen LogP contribution in [0.5, 0.6) is 0 Å². The van der Waals surface area contributed by atoms with Crippen molar-refractivity contribution in [1.82, 2.24) is 0 Å². The molecule has 0 N–H and O–H groups in total. The number of fused-ring (bicyclic) bond motifs is 3. The van der Waals surface area contributed by atoms with Crippen LogP contribution in [-0.2, 0) is 0 Å². The third-order valence-electron chi connectivity index (χ3n) is 10.7. The molecule has 9 aromatic carbocycles. The number of para-hydroxylation sites is 2. The highest BCUT2D eigenvalue weighted by molar-refractivity contribution is 6.06. The Kier molecular flexibility index (Phi) is 8.55. The predicted molar refractivity (Wildman–Crippen MR) is 236 cm³/mol. The highest BCUT2D eigenvalue weighted by Crippen LogP contribution is 2.47. The van der Waals surface area contributed by atoms with E-state index in [0.29, 0.717) is 0 Å². The lowest BCUT2D eigenvalue weighted by atomic mass is 9.88. The van der Waals surface area contributed by atoms with E-state index in [2.05, 4.69) is 217 Å². The van der Waals surface area contributed by atoms with E-state index in [9.17, 15) is 0 Å². The smallest absolute Gasteiger partial charge is 0.137 e. The van der Waals surface area contributed by atoms with Gasteiger partial charge in [-0.15, -0.1) is 0 Å². The Morgan fingerprint density at radius 2 is 0.732 bits per heavy atom. The van der Waals surface area contributed by atoms with Crippen LogP contribution in [0.2, 0.25) is 0 Å². The molecule has 0 spiro atoms. The van der Waals surface area contributed by atoms with Crippen LogP contribution in [0.1, 0.15) is 0 Å². The fourth-order valence-corrected chi connectivity index (χ4v) is 8.05. The van der Waals surface area contributed by atoms with E-state index in [1.54, 1.807) is 0 Å². The van der Waals surface area contributed by atoms with Gasteiger partial charge in [-0.2, -0.15) is 0 Å². The Hall–Kier alpha value is -7.42. The van der Waals surface area contributed by atoms with Crippen molar-refractivity contribution in [3.8, 4) is 55.6 Å². The van der Waals surface area contributed by atoms with Gasteiger partial charge in [-0.25, -0.2) is 0 Å². The third kappa shape index (κ3) is 6.14. The van der Waals surface area contributed by atoms with Crippen molar-refractivity contribution in [3.05, 3.63) is 224 Å². The summed E-state index contributed by atoms with van der Waals surface area (Å²) in [4.78, 5) is 2.40. The standard InChI is InChI=1S/C54H37NO/c1-4-18-38(19-5-1)41-34-42(39-20-6-2-7-21-39)36-44(35-41)55(43-32-33-51-50-29-15-17-31-53(50)56-54(51)37-43)52-30-16-14-28-49(52)48-27-13-12-26-47(48)46-25-11-10-24-45(46)40-22-8-3-9-23-40/h1-37H. The van der Waals surface area contributed by atoms with E-state index in [-0.39, 0.29) is 0 Å². The minimum Gasteiger partial charge on any atom is -0.456 e. The summed E-state index contributed by atoms with van der Waals surface area (Å²) in [5, 5.41) is 2.22. The number of nitrogens with zero attached hydrogens (tertiary/aromatic N) is 1. The molecule has 2 nitrogen and oxygen atoms in total. The van der Waals surface area contributed by atoms with Crippen LogP contribution < -0.4 is 4.90 Å². The number of anilines is 3. The van der Waals surface area contributed by atoms with Crippen molar-refractivity contribution in [2.24, 2.45) is 0 Å². The normalized spacial score (nSPS) is 11.2. The first kappa shape index (κ1) is 33.2. The average Bonchev–Trinajstić information content (AvgIpc) is 3.65. The molecule has 10 rings (SSSR count). The van der Waals surface area contributed by atoms with Crippen LogP contribution in [0.4, 0.5) is 17.1 Å². The van der Waals surface area contributed by atoms with Gasteiger partial charge in [0.15, 0.2) is 0 Å². The SMILES string of the molecule is c1ccc(-c2cc(-c3ccccc3)cc(N(c3ccc4c(c3)oc3ccccc34)c3ccccc3-c3ccccc3-c3ccccc3-c3ccccc3)c2)cc1. The second-order valence-corrected chi connectivity index (χ2v) is 14.1. The summed E-state index contributed by atoms with van der Waals surface area (Å²) >= 11 is 0. The minimum absolute atomic E-state index is 0.853. The van der Waals surface area contributed by atoms with E-state index in [4.69, 9.17) is 4.42 Å². The minimum atomic E-state index is 0.853. The fourth-order valence-electron chi connectivity index (χ4n) is 8.05. The van der Waals surface area contributed by atoms with Crippen molar-refractivity contribution in [2.45, 2.75) is 0 Å². The van der Waals surface area contributed by atoms with Gasteiger partial charge in [-0.3, -0.25) is 0 Å². The molecule has 2 heteroatoms. The van der Waals surface area contributed by atoms with E-state index in [1.165, 1.54) is 22.3 Å². The Labute approximate surface area is 327 Å². The van der Waals surface area contributed by atoms with Gasteiger partial charge < -0.3 is 9.32 Å². The molecule has 0 radical (unpaired) electrons. The summed E-state index contributed by atoms with van der Waals surface area (Å²) in [6.07, 6.45) is 0. The molecule has 0 aliphatic rings. The molecule has 1 heterocycles. The Morgan fingerprint density at radius 3 is 1.38 bits per heavy atom. The number of hydrogen-bond acceptors (Lipinski definition) is 2. The first-order chi connectivity index (χ1) is 27.8. The lowest BCUT2D eigenvalue weighted by Crippen LogP contribution is -2.12. The topological polar surface area (TPSA) is 16.4 Å². The summed E-state index contributed by atoms with van der Waals surface area (Å²) in [5.41, 5.74) is 16.5. The van der Waals surface area contributed by atoms with Gasteiger partial charge in [0.2, 0.25) is 0 Å². The lowest BCUT2D eigenvalue weighted by Gasteiger charge is -2.29. The molecular formula is C54H37NO. The maximum Gasteiger partial charge on any atom is 0.137 e. The van der Waals surface area contributed by atoms with Gasteiger partial charge in [0.1, 0.15) is 11.2 Å². The van der Waals surface area contributed by atoms with E-state index in [1.807, 2.05) is 12.1 Å². The Bertz CT molecular complexity index is 2910. The monoisotopic (exact) mass is 715 g/mol. The van der Waals surface area contributed by atoms with Gasteiger partial charge in [-0.05, 0) is 92.5 Å². The second kappa shape index (κ2) is 14.4. The molecular weight excluding hydrogens is 679 g/mol. The second-order valence-electron chi connectivity index (χ2n) is 14.1. The molecule has 56 heavy (non-hydrogen) atoms. The molecule has 0 fully saturated rings. The summed E-state index contributed by atoms with van der Waals surface area (Å²) in [6.45, 7) is 0. The van der Waals surface area contributed by atoms with E-state index < -0.39 is 0 Å². The van der Waals surface area contributed by atoms with Crippen LogP contribution in [0.3, 0.4) is 0 Å². The van der Waals surface area contributed by atoms with Gasteiger partial charge in [-0.1, -0.05) is 176 Å². The molecule has 264 valence electrons. The molecule has 0 saturated carbocycles. The van der Waals surface area contributed by atoms with Crippen molar-refractivity contribution in [1.29, 1.82) is 0 Å². The zero-order chi connectivity index (χ0) is 37.3. The van der Waals surface area contributed by atoms with Gasteiger partial charge in [0.25, 0.3) is 0 Å². The number of furan rings is 1. The molecule has 0 atom stereocenters. The van der Waals surface area contributed by atoms with Gasteiger partial charge in [0, 0.05) is 33.8 Å². The Morgan fingerprint density at radius 1 is 0.268 bits per heavy atom. The van der Waals surface area contributed by atoms with E-state index >= 15 is 0 Å².